The van der Waals surface area contributed by atoms with E-state index in [1.54, 1.807) is 12.1 Å². The van der Waals surface area contributed by atoms with Gasteiger partial charge in [0.15, 0.2) is 5.84 Å². The molecule has 1 atom stereocenters. The number of nitrogens with zero attached hydrogens (tertiary/aromatic N) is 2. The molecule has 0 bridgehead atoms. The molecule has 2 rings (SSSR count). The van der Waals surface area contributed by atoms with Gasteiger partial charge in [0.1, 0.15) is 11.9 Å². The molecule has 18 heavy (non-hydrogen) atoms. The number of hydrogen-bond acceptors (Lipinski definition) is 4. The van der Waals surface area contributed by atoms with Gasteiger partial charge in [-0.3, -0.25) is 4.99 Å². The zero-order valence-electron chi connectivity index (χ0n) is 9.76. The van der Waals surface area contributed by atoms with E-state index in [4.69, 9.17) is 22.5 Å². The summed E-state index contributed by atoms with van der Waals surface area (Å²) in [7, 11) is 0. The molecule has 1 aliphatic heterocycles. The van der Waals surface area contributed by atoms with Gasteiger partial charge in [-0.1, -0.05) is 35.0 Å². The quantitative estimate of drug-likeness (QED) is 0.330. The van der Waals surface area contributed by atoms with Crippen LogP contribution in [0.3, 0.4) is 0 Å². The zero-order valence-corrected chi connectivity index (χ0v) is 10.5. The highest BCUT2D eigenvalue weighted by atomic mass is 35.5. The molecule has 1 aromatic rings. The molecule has 0 fully saturated rings. The number of rotatable bonds is 2. The van der Waals surface area contributed by atoms with Crippen molar-refractivity contribution in [3.8, 4) is 0 Å². The maximum Gasteiger partial charge on any atom is 0.188 e. The fraction of sp³-hybridized carbons (Fsp3) is 0.167. The second-order valence-corrected chi connectivity index (χ2v) is 4.26. The van der Waals surface area contributed by atoms with Gasteiger partial charge in [-0.2, -0.15) is 0 Å². The van der Waals surface area contributed by atoms with Crippen molar-refractivity contribution in [2.45, 2.75) is 13.1 Å². The van der Waals surface area contributed by atoms with E-state index in [0.29, 0.717) is 10.7 Å². The standard InChI is InChI=1S/C12H13ClN4O/c1-7-15-10(6-11(16-7)12(14)17-18)8-4-2-3-5-9(8)13/h2-7,15,18H,1H3,(H2,14,17). The van der Waals surface area contributed by atoms with Crippen molar-refractivity contribution in [1.82, 2.24) is 5.32 Å². The van der Waals surface area contributed by atoms with Crippen LogP contribution in [0.4, 0.5) is 0 Å². The first-order valence-electron chi connectivity index (χ1n) is 5.40. The molecule has 6 heteroatoms. The van der Waals surface area contributed by atoms with Crippen molar-refractivity contribution in [3.63, 3.8) is 0 Å². The van der Waals surface area contributed by atoms with Crippen LogP contribution in [0.15, 0.2) is 40.5 Å². The minimum atomic E-state index is -0.170. The molecule has 0 saturated carbocycles. The molecule has 1 unspecified atom stereocenters. The van der Waals surface area contributed by atoms with Gasteiger partial charge in [0, 0.05) is 16.3 Å². The summed E-state index contributed by atoms with van der Waals surface area (Å²) in [5, 5.41) is 15.5. The lowest BCUT2D eigenvalue weighted by atomic mass is 10.1. The number of hydrogen-bond donors (Lipinski definition) is 3. The Morgan fingerprint density at radius 2 is 2.22 bits per heavy atom. The summed E-state index contributed by atoms with van der Waals surface area (Å²) in [6.07, 6.45) is 1.53. The van der Waals surface area contributed by atoms with Crippen LogP contribution in [0.2, 0.25) is 5.02 Å². The van der Waals surface area contributed by atoms with Crippen molar-refractivity contribution in [2.75, 3.05) is 0 Å². The summed E-state index contributed by atoms with van der Waals surface area (Å²) < 4.78 is 0. The van der Waals surface area contributed by atoms with E-state index in [-0.39, 0.29) is 12.0 Å². The molecule has 1 heterocycles. The van der Waals surface area contributed by atoms with Crippen LogP contribution in [0.5, 0.6) is 0 Å². The second-order valence-electron chi connectivity index (χ2n) is 3.86. The first-order valence-corrected chi connectivity index (χ1v) is 5.78. The number of nitrogens with two attached hydrogens (primary N) is 1. The normalized spacial score (nSPS) is 19.9. The maximum absolute atomic E-state index is 8.69. The summed E-state index contributed by atoms with van der Waals surface area (Å²) in [6.45, 7) is 1.87. The highest BCUT2D eigenvalue weighted by molar-refractivity contribution is 6.46. The summed E-state index contributed by atoms with van der Waals surface area (Å²) in [5.41, 5.74) is 7.63. The first kappa shape index (κ1) is 12.4. The van der Waals surface area contributed by atoms with E-state index in [1.807, 2.05) is 25.1 Å². The first-order chi connectivity index (χ1) is 8.61. The van der Waals surface area contributed by atoms with Crippen LogP contribution < -0.4 is 11.1 Å². The van der Waals surface area contributed by atoms with Crippen LogP contribution in [-0.2, 0) is 0 Å². The molecule has 5 nitrogen and oxygen atoms in total. The number of aliphatic imine (C=N–C) groups is 1. The molecule has 4 N–H and O–H groups in total. The lowest BCUT2D eigenvalue weighted by Gasteiger charge is -2.21. The van der Waals surface area contributed by atoms with Gasteiger partial charge in [0.05, 0.1) is 0 Å². The van der Waals surface area contributed by atoms with E-state index < -0.39 is 0 Å². The lowest BCUT2D eigenvalue weighted by molar-refractivity contribution is 0.319. The number of amidine groups is 1. The monoisotopic (exact) mass is 264 g/mol. The number of halogens is 1. The summed E-state index contributed by atoms with van der Waals surface area (Å²) in [5.74, 6) is -0.0205. The molecular formula is C12H13ClN4O. The second kappa shape index (κ2) is 5.10. The predicted molar refractivity (Wildman–Crippen MR) is 72.9 cm³/mol. The SMILES string of the molecule is CC1N=C(/C(N)=N/O)C=C(c2ccccc2Cl)N1. The Morgan fingerprint density at radius 1 is 1.50 bits per heavy atom. The molecular weight excluding hydrogens is 252 g/mol. The highest BCUT2D eigenvalue weighted by Gasteiger charge is 2.17. The number of nitrogens with one attached hydrogen (secondary N) is 1. The minimum absolute atomic E-state index is 0.0205. The average molecular weight is 265 g/mol. The number of oxime groups is 1. The van der Waals surface area contributed by atoms with Gasteiger partial charge in [0.2, 0.25) is 0 Å². The third-order valence-electron chi connectivity index (χ3n) is 2.51. The Balaban J connectivity index is 2.43. The predicted octanol–water partition coefficient (Wildman–Crippen LogP) is 1.82. The maximum atomic E-state index is 8.69. The Bertz CT molecular complexity index is 551. The molecule has 0 amide bonds. The van der Waals surface area contributed by atoms with E-state index in [2.05, 4.69) is 15.5 Å². The Hall–Kier alpha value is -2.01. The molecule has 0 aromatic heterocycles. The summed E-state index contributed by atoms with van der Waals surface area (Å²) in [6, 6.07) is 7.45. The molecule has 0 aliphatic carbocycles. The van der Waals surface area contributed by atoms with Crippen molar-refractivity contribution in [3.05, 3.63) is 40.9 Å². The van der Waals surface area contributed by atoms with E-state index in [0.717, 1.165) is 11.3 Å². The van der Waals surface area contributed by atoms with E-state index in [9.17, 15) is 0 Å². The number of benzene rings is 1. The smallest absolute Gasteiger partial charge is 0.188 e. The van der Waals surface area contributed by atoms with Gasteiger partial charge in [-0.05, 0) is 19.1 Å². The van der Waals surface area contributed by atoms with Crippen LogP contribution >= 0.6 is 11.6 Å². The molecule has 0 saturated heterocycles. The van der Waals surface area contributed by atoms with Crippen LogP contribution in [-0.4, -0.2) is 22.9 Å². The Morgan fingerprint density at radius 3 is 2.89 bits per heavy atom. The fourth-order valence-electron chi connectivity index (χ4n) is 1.71. The average Bonchev–Trinajstić information content (AvgIpc) is 2.37. The fourth-order valence-corrected chi connectivity index (χ4v) is 1.95. The summed E-state index contributed by atoms with van der Waals surface area (Å²) >= 11 is 6.13. The van der Waals surface area contributed by atoms with Gasteiger partial charge in [-0.15, -0.1) is 0 Å². The van der Waals surface area contributed by atoms with Crippen molar-refractivity contribution in [2.24, 2.45) is 15.9 Å². The van der Waals surface area contributed by atoms with Gasteiger partial charge >= 0.3 is 0 Å². The molecule has 0 radical (unpaired) electrons. The van der Waals surface area contributed by atoms with E-state index in [1.165, 1.54) is 0 Å². The van der Waals surface area contributed by atoms with Crippen LogP contribution in [0.25, 0.3) is 5.70 Å². The third-order valence-corrected chi connectivity index (χ3v) is 2.84. The van der Waals surface area contributed by atoms with Crippen LogP contribution in [0, 0.1) is 0 Å². The van der Waals surface area contributed by atoms with Gasteiger partial charge < -0.3 is 16.3 Å². The molecule has 0 spiro atoms. The molecule has 1 aromatic carbocycles. The zero-order chi connectivity index (χ0) is 13.1. The lowest BCUT2D eigenvalue weighted by Crippen LogP contribution is -2.33. The summed E-state index contributed by atoms with van der Waals surface area (Å²) in [4.78, 5) is 4.23. The molecule has 94 valence electrons. The minimum Gasteiger partial charge on any atom is -0.409 e. The van der Waals surface area contributed by atoms with Crippen molar-refractivity contribution >= 4 is 28.8 Å². The van der Waals surface area contributed by atoms with Gasteiger partial charge in [0.25, 0.3) is 0 Å². The largest absolute Gasteiger partial charge is 0.409 e. The van der Waals surface area contributed by atoms with Crippen LogP contribution in [0.1, 0.15) is 12.5 Å². The van der Waals surface area contributed by atoms with Crippen molar-refractivity contribution < 1.29 is 5.21 Å². The highest BCUT2D eigenvalue weighted by Crippen LogP contribution is 2.23. The third kappa shape index (κ3) is 2.46. The molecule has 1 aliphatic rings. The Labute approximate surface area is 110 Å². The Kier molecular flexibility index (Phi) is 3.53. The van der Waals surface area contributed by atoms with Crippen molar-refractivity contribution in [1.29, 1.82) is 0 Å². The topological polar surface area (TPSA) is 83.0 Å². The van der Waals surface area contributed by atoms with Gasteiger partial charge in [-0.25, -0.2) is 0 Å². The van der Waals surface area contributed by atoms with E-state index >= 15 is 0 Å².